The molecule has 2 nitrogen and oxygen atoms in total. The normalized spacial score (nSPS) is 42.3. The Kier molecular flexibility index (Phi) is 1.24. The van der Waals surface area contributed by atoms with Crippen LogP contribution < -0.4 is 5.43 Å². The molecule has 0 spiro atoms. The third kappa shape index (κ3) is 0.864. The van der Waals surface area contributed by atoms with Crippen LogP contribution in [0.3, 0.4) is 0 Å². The lowest BCUT2D eigenvalue weighted by atomic mass is 9.72. The van der Waals surface area contributed by atoms with E-state index in [2.05, 4.69) is 10.4 Å². The second kappa shape index (κ2) is 1.96. The molecule has 9 heavy (non-hydrogen) atoms. The summed E-state index contributed by atoms with van der Waals surface area (Å²) < 4.78 is 0. The molecule has 1 N–H and O–H groups in total. The Morgan fingerprint density at radius 2 is 1.78 bits per heavy atom. The van der Waals surface area contributed by atoms with Gasteiger partial charge in [-0.15, -0.1) is 0 Å². The molecule has 0 amide bonds. The van der Waals surface area contributed by atoms with Crippen molar-refractivity contribution in [3.63, 3.8) is 0 Å². The van der Waals surface area contributed by atoms with Crippen molar-refractivity contribution in [2.75, 3.05) is 20.1 Å². The molecule has 0 aromatic carbocycles. The van der Waals surface area contributed by atoms with Gasteiger partial charge in [0.15, 0.2) is 0 Å². The first kappa shape index (κ1) is 5.69. The molecule has 2 aliphatic heterocycles. The maximum atomic E-state index is 3.20. The van der Waals surface area contributed by atoms with Crippen LogP contribution in [0.4, 0.5) is 0 Å². The molecule has 0 atom stereocenters. The largest absolute Gasteiger partial charge is 0.258 e. The third-order valence-electron chi connectivity index (χ3n) is 2.61. The first-order chi connectivity index (χ1) is 4.38. The van der Waals surface area contributed by atoms with Gasteiger partial charge in [-0.3, -0.25) is 5.43 Å². The summed E-state index contributed by atoms with van der Waals surface area (Å²) in [7, 11) is 2.02. The minimum atomic E-state index is 1.02. The zero-order valence-corrected chi connectivity index (χ0v) is 5.93. The van der Waals surface area contributed by atoms with Crippen LogP contribution in [0, 0.1) is 11.8 Å². The predicted octanol–water partition coefficient (Wildman–Crippen LogP) is 0.463. The summed E-state index contributed by atoms with van der Waals surface area (Å²) in [4.78, 5) is 0. The van der Waals surface area contributed by atoms with Crippen molar-refractivity contribution in [3.05, 3.63) is 0 Å². The summed E-state index contributed by atoms with van der Waals surface area (Å²) in [6.07, 6.45) is 3.00. The van der Waals surface area contributed by atoms with E-state index < -0.39 is 0 Å². The number of hydrazine groups is 1. The lowest BCUT2D eigenvalue weighted by Crippen LogP contribution is -2.52. The quantitative estimate of drug-likeness (QED) is 0.549. The van der Waals surface area contributed by atoms with Gasteiger partial charge in [0.2, 0.25) is 0 Å². The van der Waals surface area contributed by atoms with Crippen LogP contribution in [0.5, 0.6) is 0 Å². The van der Waals surface area contributed by atoms with Crippen molar-refractivity contribution in [2.45, 2.75) is 12.8 Å². The topological polar surface area (TPSA) is 15.3 Å². The molecule has 3 fully saturated rings. The van der Waals surface area contributed by atoms with Crippen LogP contribution in [0.15, 0.2) is 0 Å². The van der Waals surface area contributed by atoms with Crippen LogP contribution in [-0.4, -0.2) is 25.1 Å². The Labute approximate surface area is 56.2 Å². The highest BCUT2D eigenvalue weighted by Crippen LogP contribution is 2.38. The zero-order chi connectivity index (χ0) is 6.27. The van der Waals surface area contributed by atoms with Crippen molar-refractivity contribution in [1.82, 2.24) is 10.4 Å². The molecule has 3 rings (SSSR count). The molecule has 2 heteroatoms. The van der Waals surface area contributed by atoms with Crippen molar-refractivity contribution >= 4 is 0 Å². The van der Waals surface area contributed by atoms with Gasteiger partial charge in [-0.2, -0.15) is 0 Å². The molecular weight excluding hydrogens is 112 g/mol. The van der Waals surface area contributed by atoms with E-state index in [-0.39, 0.29) is 0 Å². The third-order valence-corrected chi connectivity index (χ3v) is 2.61. The molecular formula is C7H14N2. The van der Waals surface area contributed by atoms with Gasteiger partial charge < -0.3 is 0 Å². The Morgan fingerprint density at radius 1 is 1.22 bits per heavy atom. The van der Waals surface area contributed by atoms with E-state index in [1.54, 1.807) is 0 Å². The van der Waals surface area contributed by atoms with Gasteiger partial charge in [-0.25, -0.2) is 5.01 Å². The summed E-state index contributed by atoms with van der Waals surface area (Å²) >= 11 is 0. The number of piperidine rings is 2. The average molecular weight is 126 g/mol. The lowest BCUT2D eigenvalue weighted by molar-refractivity contribution is 0.00150. The number of fused-ring (bicyclic) bond motifs is 2. The highest BCUT2D eigenvalue weighted by molar-refractivity contribution is 4.87. The lowest BCUT2D eigenvalue weighted by Gasteiger charge is -2.46. The SMILES string of the molecule is CNN1CC2CC(C2)C1. The minimum Gasteiger partial charge on any atom is -0.258 e. The fraction of sp³-hybridized carbons (Fsp3) is 1.00. The van der Waals surface area contributed by atoms with E-state index in [9.17, 15) is 0 Å². The van der Waals surface area contributed by atoms with Crippen LogP contribution >= 0.6 is 0 Å². The van der Waals surface area contributed by atoms with E-state index >= 15 is 0 Å². The van der Waals surface area contributed by atoms with E-state index in [1.165, 1.54) is 25.9 Å². The first-order valence-electron chi connectivity index (χ1n) is 3.81. The average Bonchev–Trinajstić information content (AvgIpc) is 1.87. The minimum absolute atomic E-state index is 1.02. The number of nitrogens with one attached hydrogen (secondary N) is 1. The molecule has 0 unspecified atom stereocenters. The fourth-order valence-corrected chi connectivity index (χ4v) is 2.05. The monoisotopic (exact) mass is 126 g/mol. The Morgan fingerprint density at radius 3 is 2.11 bits per heavy atom. The molecule has 0 aromatic rings. The molecule has 1 saturated carbocycles. The van der Waals surface area contributed by atoms with Crippen LogP contribution in [-0.2, 0) is 0 Å². The first-order valence-corrected chi connectivity index (χ1v) is 3.81. The summed E-state index contributed by atoms with van der Waals surface area (Å²) in [5.41, 5.74) is 3.20. The number of rotatable bonds is 1. The molecule has 2 saturated heterocycles. The molecule has 3 aliphatic rings. The Hall–Kier alpha value is -0.0800. The van der Waals surface area contributed by atoms with E-state index in [0.717, 1.165) is 11.8 Å². The zero-order valence-electron chi connectivity index (χ0n) is 5.93. The molecule has 52 valence electrons. The van der Waals surface area contributed by atoms with E-state index in [1.807, 2.05) is 7.05 Å². The summed E-state index contributed by atoms with van der Waals surface area (Å²) in [5, 5.41) is 2.34. The van der Waals surface area contributed by atoms with Gasteiger partial charge in [-0.05, 0) is 31.7 Å². The van der Waals surface area contributed by atoms with Crippen LogP contribution in [0.2, 0.25) is 0 Å². The Balaban J connectivity index is 1.89. The second-order valence-electron chi connectivity index (χ2n) is 3.33. The molecule has 1 aliphatic carbocycles. The number of hydrogen-bond acceptors (Lipinski definition) is 2. The van der Waals surface area contributed by atoms with Gasteiger partial charge in [0.25, 0.3) is 0 Å². The summed E-state index contributed by atoms with van der Waals surface area (Å²) in [5.74, 6) is 2.05. The molecule has 2 heterocycles. The predicted molar refractivity (Wildman–Crippen MR) is 36.8 cm³/mol. The number of hydrogen-bond donors (Lipinski definition) is 1. The molecule has 2 bridgehead atoms. The van der Waals surface area contributed by atoms with Gasteiger partial charge in [0.1, 0.15) is 0 Å². The van der Waals surface area contributed by atoms with Gasteiger partial charge in [-0.1, -0.05) is 0 Å². The van der Waals surface area contributed by atoms with Crippen molar-refractivity contribution in [1.29, 1.82) is 0 Å². The van der Waals surface area contributed by atoms with Crippen molar-refractivity contribution in [3.8, 4) is 0 Å². The van der Waals surface area contributed by atoms with Crippen molar-refractivity contribution < 1.29 is 0 Å². The van der Waals surface area contributed by atoms with Crippen LogP contribution in [0.1, 0.15) is 12.8 Å². The van der Waals surface area contributed by atoms with Gasteiger partial charge in [0.05, 0.1) is 0 Å². The van der Waals surface area contributed by atoms with Gasteiger partial charge in [0, 0.05) is 13.1 Å². The standard InChI is InChI=1S/C7H14N2/c1-8-9-4-6-2-7(3-6)5-9/h6-8H,2-5H2,1H3. The highest BCUT2D eigenvalue weighted by Gasteiger charge is 2.36. The highest BCUT2D eigenvalue weighted by atomic mass is 15.5. The smallest absolute Gasteiger partial charge is 0.0159 e. The molecule has 0 radical (unpaired) electrons. The van der Waals surface area contributed by atoms with Crippen molar-refractivity contribution in [2.24, 2.45) is 11.8 Å². The maximum absolute atomic E-state index is 3.20. The van der Waals surface area contributed by atoms with E-state index in [4.69, 9.17) is 0 Å². The summed E-state index contributed by atoms with van der Waals surface area (Å²) in [6.45, 7) is 2.57. The maximum Gasteiger partial charge on any atom is 0.0159 e. The van der Waals surface area contributed by atoms with Crippen LogP contribution in [0.25, 0.3) is 0 Å². The second-order valence-corrected chi connectivity index (χ2v) is 3.33. The number of nitrogens with zero attached hydrogens (tertiary/aromatic N) is 1. The van der Waals surface area contributed by atoms with Gasteiger partial charge >= 0.3 is 0 Å². The van der Waals surface area contributed by atoms with E-state index in [0.29, 0.717) is 0 Å². The molecule has 0 aromatic heterocycles. The fourth-order valence-electron chi connectivity index (χ4n) is 2.05. The Bertz CT molecular complexity index is 97.5. The summed E-state index contributed by atoms with van der Waals surface area (Å²) in [6, 6.07) is 0.